The molecule has 2 amide bonds. The van der Waals surface area contributed by atoms with E-state index in [9.17, 15) is 4.79 Å². The third-order valence-corrected chi connectivity index (χ3v) is 6.18. The van der Waals surface area contributed by atoms with Crippen molar-refractivity contribution in [2.24, 2.45) is 0 Å². The Morgan fingerprint density at radius 2 is 2.07 bits per heavy atom. The number of fused-ring (bicyclic) bond motifs is 3. The number of para-hydroxylation sites is 1. The van der Waals surface area contributed by atoms with E-state index in [0.29, 0.717) is 0 Å². The second-order valence-electron chi connectivity index (χ2n) is 7.99. The molecule has 1 fully saturated rings. The molecular weight excluding hydrogens is 350 g/mol. The van der Waals surface area contributed by atoms with E-state index in [-0.39, 0.29) is 11.4 Å². The average molecular weight is 375 g/mol. The van der Waals surface area contributed by atoms with Crippen molar-refractivity contribution in [3.63, 3.8) is 0 Å². The van der Waals surface area contributed by atoms with Crippen molar-refractivity contribution in [2.45, 2.75) is 38.1 Å². The molecule has 144 valence electrons. The highest BCUT2D eigenvalue weighted by Crippen LogP contribution is 2.43. The molecule has 2 aliphatic heterocycles. The predicted molar refractivity (Wildman–Crippen MR) is 109 cm³/mol. The molecule has 1 spiro atoms. The van der Waals surface area contributed by atoms with Gasteiger partial charge < -0.3 is 10.2 Å². The molecule has 2 aromatic heterocycles. The Morgan fingerprint density at radius 1 is 1.21 bits per heavy atom. The predicted octanol–water partition coefficient (Wildman–Crippen LogP) is 3.57. The Kier molecular flexibility index (Phi) is 4.07. The molecule has 4 heterocycles. The van der Waals surface area contributed by atoms with Crippen molar-refractivity contribution < 1.29 is 4.79 Å². The zero-order valence-corrected chi connectivity index (χ0v) is 16.2. The molecular formula is C22H25N5O. The van der Waals surface area contributed by atoms with Crippen LogP contribution in [0.1, 0.15) is 31.9 Å². The van der Waals surface area contributed by atoms with E-state index in [1.807, 2.05) is 29.3 Å². The van der Waals surface area contributed by atoms with Crippen LogP contribution in [-0.2, 0) is 12.0 Å². The van der Waals surface area contributed by atoms with Gasteiger partial charge >= 0.3 is 6.03 Å². The Morgan fingerprint density at radius 3 is 2.96 bits per heavy atom. The third kappa shape index (κ3) is 2.75. The number of hydrogen-bond donors (Lipinski definition) is 1. The number of nitrogens with zero attached hydrogens (tertiary/aromatic N) is 4. The van der Waals surface area contributed by atoms with Gasteiger partial charge in [0.05, 0.1) is 11.2 Å². The summed E-state index contributed by atoms with van der Waals surface area (Å²) in [6, 6.07) is 12.6. The number of carbonyl (C=O) groups excluding carboxylic acids is 1. The maximum Gasteiger partial charge on any atom is 0.317 e. The molecule has 28 heavy (non-hydrogen) atoms. The van der Waals surface area contributed by atoms with Gasteiger partial charge in [0.25, 0.3) is 0 Å². The SMILES string of the molecule is CCCNC(=O)N1CCC2(CCn3nc(-c4cnc5ccccc5c4)cc32)C1. The van der Waals surface area contributed by atoms with E-state index >= 15 is 0 Å². The summed E-state index contributed by atoms with van der Waals surface area (Å²) in [4.78, 5) is 18.9. The lowest BCUT2D eigenvalue weighted by atomic mass is 9.82. The number of likely N-dealkylation sites (tertiary alicyclic amines) is 1. The lowest BCUT2D eigenvalue weighted by Crippen LogP contribution is -2.40. The van der Waals surface area contributed by atoms with Crippen LogP contribution in [0.4, 0.5) is 4.79 Å². The largest absolute Gasteiger partial charge is 0.338 e. The number of pyridine rings is 1. The fourth-order valence-corrected chi connectivity index (χ4v) is 4.62. The van der Waals surface area contributed by atoms with Gasteiger partial charge in [0.2, 0.25) is 0 Å². The van der Waals surface area contributed by atoms with E-state index in [0.717, 1.165) is 67.6 Å². The summed E-state index contributed by atoms with van der Waals surface area (Å²) in [5.74, 6) is 0. The van der Waals surface area contributed by atoms with Gasteiger partial charge in [0, 0.05) is 54.4 Å². The Labute approximate surface area is 164 Å². The van der Waals surface area contributed by atoms with Crippen LogP contribution < -0.4 is 5.32 Å². The van der Waals surface area contributed by atoms with Crippen LogP contribution in [0, 0.1) is 0 Å². The van der Waals surface area contributed by atoms with Crippen LogP contribution >= 0.6 is 0 Å². The maximum absolute atomic E-state index is 12.4. The van der Waals surface area contributed by atoms with E-state index in [1.165, 1.54) is 5.69 Å². The van der Waals surface area contributed by atoms with Crippen LogP contribution in [0.3, 0.4) is 0 Å². The lowest BCUT2D eigenvalue weighted by molar-refractivity contribution is 0.205. The Bertz CT molecular complexity index is 1040. The van der Waals surface area contributed by atoms with E-state index in [2.05, 4.69) is 40.1 Å². The highest BCUT2D eigenvalue weighted by molar-refractivity contribution is 5.82. The first-order chi connectivity index (χ1) is 13.7. The van der Waals surface area contributed by atoms with Gasteiger partial charge in [-0.1, -0.05) is 25.1 Å². The standard InChI is InChI=1S/C22H25N5O/c1-2-9-23-21(28)26-10-7-22(15-26)8-11-27-20(22)13-19(25-27)17-12-16-5-3-4-6-18(16)24-14-17/h3-6,12-14H,2,7-11,15H2,1H3,(H,23,28). The number of aromatic nitrogens is 3. The van der Waals surface area contributed by atoms with Gasteiger partial charge in [0.15, 0.2) is 0 Å². The summed E-state index contributed by atoms with van der Waals surface area (Å²) in [6.07, 6.45) is 4.93. The molecule has 0 saturated carbocycles. The fourth-order valence-electron chi connectivity index (χ4n) is 4.62. The maximum atomic E-state index is 12.4. The fraction of sp³-hybridized carbons (Fsp3) is 0.409. The van der Waals surface area contributed by atoms with Crippen molar-refractivity contribution in [2.75, 3.05) is 19.6 Å². The number of rotatable bonds is 3. The van der Waals surface area contributed by atoms with Crippen molar-refractivity contribution in [1.82, 2.24) is 25.0 Å². The third-order valence-electron chi connectivity index (χ3n) is 6.18. The number of amides is 2. The van der Waals surface area contributed by atoms with Gasteiger partial charge in [-0.2, -0.15) is 5.10 Å². The Hall–Kier alpha value is -2.89. The van der Waals surface area contributed by atoms with Crippen LogP contribution in [0.2, 0.25) is 0 Å². The second kappa shape index (κ2) is 6.62. The molecule has 1 atom stereocenters. The molecule has 1 unspecified atom stereocenters. The van der Waals surface area contributed by atoms with Crippen molar-refractivity contribution in [3.05, 3.63) is 48.3 Å². The van der Waals surface area contributed by atoms with E-state index in [4.69, 9.17) is 5.10 Å². The molecule has 2 aliphatic rings. The first kappa shape index (κ1) is 17.2. The summed E-state index contributed by atoms with van der Waals surface area (Å²) in [5.41, 5.74) is 4.33. The monoisotopic (exact) mass is 375 g/mol. The first-order valence-corrected chi connectivity index (χ1v) is 10.1. The van der Waals surface area contributed by atoms with E-state index in [1.54, 1.807) is 0 Å². The molecule has 3 aromatic rings. The smallest absolute Gasteiger partial charge is 0.317 e. The zero-order valence-electron chi connectivity index (χ0n) is 16.2. The van der Waals surface area contributed by atoms with Crippen LogP contribution in [0.25, 0.3) is 22.2 Å². The summed E-state index contributed by atoms with van der Waals surface area (Å²) in [7, 11) is 0. The molecule has 0 aliphatic carbocycles. The second-order valence-corrected chi connectivity index (χ2v) is 7.99. The molecule has 6 heteroatoms. The number of benzene rings is 1. The van der Waals surface area contributed by atoms with Crippen molar-refractivity contribution >= 4 is 16.9 Å². The summed E-state index contributed by atoms with van der Waals surface area (Å²) < 4.78 is 2.14. The molecule has 1 saturated heterocycles. The molecule has 5 rings (SSSR count). The van der Waals surface area contributed by atoms with Gasteiger partial charge in [0.1, 0.15) is 0 Å². The quantitative estimate of drug-likeness (QED) is 0.761. The topological polar surface area (TPSA) is 63.1 Å². The highest BCUT2D eigenvalue weighted by Gasteiger charge is 2.46. The molecule has 1 N–H and O–H groups in total. The van der Waals surface area contributed by atoms with Crippen molar-refractivity contribution in [1.29, 1.82) is 0 Å². The molecule has 6 nitrogen and oxygen atoms in total. The number of carbonyl (C=O) groups is 1. The number of aryl methyl sites for hydroxylation is 1. The first-order valence-electron chi connectivity index (χ1n) is 10.1. The minimum Gasteiger partial charge on any atom is -0.338 e. The number of nitrogens with one attached hydrogen (secondary N) is 1. The van der Waals surface area contributed by atoms with Gasteiger partial charge in [-0.05, 0) is 37.5 Å². The zero-order chi connectivity index (χ0) is 19.1. The van der Waals surface area contributed by atoms with Crippen LogP contribution in [0.15, 0.2) is 42.6 Å². The van der Waals surface area contributed by atoms with Crippen LogP contribution in [-0.4, -0.2) is 45.3 Å². The van der Waals surface area contributed by atoms with Gasteiger partial charge in [-0.15, -0.1) is 0 Å². The van der Waals surface area contributed by atoms with Crippen LogP contribution in [0.5, 0.6) is 0 Å². The van der Waals surface area contributed by atoms with Crippen molar-refractivity contribution in [3.8, 4) is 11.3 Å². The molecule has 0 bridgehead atoms. The molecule has 0 radical (unpaired) electrons. The van der Waals surface area contributed by atoms with Gasteiger partial charge in [-0.3, -0.25) is 9.67 Å². The lowest BCUT2D eigenvalue weighted by Gasteiger charge is -2.23. The molecule has 1 aromatic carbocycles. The normalized spacial score (nSPS) is 20.8. The Balaban J connectivity index is 1.42. The summed E-state index contributed by atoms with van der Waals surface area (Å²) in [6.45, 7) is 5.32. The summed E-state index contributed by atoms with van der Waals surface area (Å²) in [5, 5.41) is 9.00. The summed E-state index contributed by atoms with van der Waals surface area (Å²) >= 11 is 0. The highest BCUT2D eigenvalue weighted by atomic mass is 16.2. The minimum atomic E-state index is 0.0408. The number of hydrogen-bond acceptors (Lipinski definition) is 3. The van der Waals surface area contributed by atoms with E-state index < -0.39 is 0 Å². The number of urea groups is 1. The minimum absolute atomic E-state index is 0.0408. The average Bonchev–Trinajstić information content (AvgIpc) is 3.43. The van der Waals surface area contributed by atoms with Gasteiger partial charge in [-0.25, -0.2) is 4.79 Å².